The first kappa shape index (κ1) is 51.2. The molecule has 0 bridgehead atoms. The van der Waals surface area contributed by atoms with Gasteiger partial charge in [0.25, 0.3) is 0 Å². The van der Waals surface area contributed by atoms with Crippen molar-refractivity contribution < 1.29 is 4.48 Å². The Hall–Kier alpha value is -0.820. The van der Waals surface area contributed by atoms with Gasteiger partial charge in [-0.1, -0.05) is 264 Å². The lowest BCUT2D eigenvalue weighted by atomic mass is 9.78. The third kappa shape index (κ3) is 27.7. The minimum Gasteiger partial charge on any atom is -0.317 e. The number of hydrogen-bond acceptors (Lipinski definition) is 0. The summed E-state index contributed by atoms with van der Waals surface area (Å²) in [6, 6.07) is 12.4. The zero-order valence-electron chi connectivity index (χ0n) is 38.5. The van der Waals surface area contributed by atoms with Crippen LogP contribution in [-0.2, 0) is 0 Å². The van der Waals surface area contributed by atoms with Crippen molar-refractivity contribution in [3.63, 3.8) is 0 Å². The molecule has 54 heavy (non-hydrogen) atoms. The van der Waals surface area contributed by atoms with E-state index in [-0.39, 0.29) is 5.41 Å². The number of quaternary nitrogens is 1. The molecule has 0 amide bonds. The molecular formula is C53H102N+. The molecule has 1 rings (SSSR count). The topological polar surface area (TPSA) is 0 Å². The molecule has 0 saturated carbocycles. The van der Waals surface area contributed by atoms with Crippen molar-refractivity contribution in [3.05, 3.63) is 35.9 Å². The monoisotopic (exact) mass is 753 g/mol. The zero-order chi connectivity index (χ0) is 39.3. The second-order valence-corrected chi connectivity index (χ2v) is 19.2. The predicted molar refractivity (Wildman–Crippen MR) is 247 cm³/mol. The molecule has 0 N–H and O–H groups in total. The fourth-order valence-electron chi connectivity index (χ4n) is 9.80. The molecule has 0 aliphatic carbocycles. The third-order valence-electron chi connectivity index (χ3n) is 12.9. The second-order valence-electron chi connectivity index (χ2n) is 19.2. The smallest absolute Gasteiger partial charge is 0.120 e. The molecule has 1 aromatic carbocycles. The molecule has 0 heterocycles. The molecule has 0 aromatic heterocycles. The van der Waals surface area contributed by atoms with E-state index in [1.54, 1.807) is 5.56 Å². The van der Waals surface area contributed by atoms with E-state index in [1.165, 1.54) is 255 Å². The maximum atomic E-state index is 2.56. The van der Waals surface area contributed by atoms with E-state index in [0.29, 0.717) is 6.04 Å². The quantitative estimate of drug-likeness (QED) is 0.0461. The van der Waals surface area contributed by atoms with Crippen LogP contribution in [0.15, 0.2) is 30.3 Å². The molecule has 0 spiro atoms. The lowest BCUT2D eigenvalue weighted by Crippen LogP contribution is -2.56. The van der Waals surface area contributed by atoms with Gasteiger partial charge >= 0.3 is 0 Å². The lowest BCUT2D eigenvalue weighted by Gasteiger charge is -2.51. The number of rotatable bonds is 41. The highest BCUT2D eigenvalue weighted by Crippen LogP contribution is 2.44. The Labute approximate surface area is 343 Å². The predicted octanol–water partition coefficient (Wildman–Crippen LogP) is 18.7. The number of benzene rings is 1. The summed E-state index contributed by atoms with van der Waals surface area (Å²) in [5.74, 6) is 0. The van der Waals surface area contributed by atoms with Gasteiger partial charge in [0.1, 0.15) is 6.04 Å². The van der Waals surface area contributed by atoms with E-state index in [4.69, 9.17) is 0 Å². The summed E-state index contributed by atoms with van der Waals surface area (Å²) in [7, 11) is 0. The van der Waals surface area contributed by atoms with E-state index in [2.05, 4.69) is 71.9 Å². The summed E-state index contributed by atoms with van der Waals surface area (Å²) in [5.41, 5.74) is 1.84. The Morgan fingerprint density at radius 1 is 0.333 bits per heavy atom. The van der Waals surface area contributed by atoms with Crippen molar-refractivity contribution >= 4 is 0 Å². The first-order valence-electron chi connectivity index (χ1n) is 25.3. The third-order valence-corrected chi connectivity index (χ3v) is 12.9. The van der Waals surface area contributed by atoms with Gasteiger partial charge in [0, 0.05) is 11.0 Å². The number of hydrogen-bond donors (Lipinski definition) is 0. The van der Waals surface area contributed by atoms with Crippen LogP contribution in [0, 0.1) is 5.41 Å². The van der Waals surface area contributed by atoms with Crippen molar-refractivity contribution in [2.75, 3.05) is 19.6 Å². The Kier molecular flexibility index (Phi) is 34.6. The molecule has 2 unspecified atom stereocenters. The summed E-state index contributed by atoms with van der Waals surface area (Å²) >= 11 is 0. The van der Waals surface area contributed by atoms with Crippen molar-refractivity contribution in [1.82, 2.24) is 0 Å². The van der Waals surface area contributed by atoms with E-state index < -0.39 is 0 Å². The minimum absolute atomic E-state index is 0.243. The van der Waals surface area contributed by atoms with Gasteiger partial charge in [0.2, 0.25) is 0 Å². The van der Waals surface area contributed by atoms with Crippen LogP contribution in [0.2, 0.25) is 0 Å². The molecule has 0 aliphatic heterocycles. The van der Waals surface area contributed by atoms with Gasteiger partial charge in [-0.25, -0.2) is 0 Å². The highest BCUT2D eigenvalue weighted by molar-refractivity contribution is 5.19. The number of unbranched alkanes of at least 4 members (excludes halogenated alkanes) is 33. The van der Waals surface area contributed by atoms with Crippen LogP contribution in [0.1, 0.15) is 284 Å². The normalized spacial score (nSPS) is 13.7. The average Bonchev–Trinajstić information content (AvgIpc) is 3.16. The Morgan fingerprint density at radius 2 is 0.556 bits per heavy atom. The van der Waals surface area contributed by atoms with Crippen molar-refractivity contribution in [2.24, 2.45) is 5.41 Å². The van der Waals surface area contributed by atoms with Crippen LogP contribution in [0.25, 0.3) is 0 Å². The van der Waals surface area contributed by atoms with Crippen LogP contribution in [0.3, 0.4) is 0 Å². The number of nitrogens with zero attached hydrogens (tertiary/aromatic N) is 1. The summed E-state index contributed by atoms with van der Waals surface area (Å²) in [6.07, 6.45) is 51.9. The second kappa shape index (κ2) is 36.5. The van der Waals surface area contributed by atoms with Gasteiger partial charge < -0.3 is 4.48 Å². The molecule has 1 nitrogen and oxygen atoms in total. The zero-order valence-corrected chi connectivity index (χ0v) is 38.5. The van der Waals surface area contributed by atoms with Crippen LogP contribution in [-0.4, -0.2) is 24.1 Å². The molecule has 1 aromatic rings. The molecule has 2 atom stereocenters. The van der Waals surface area contributed by atoms with Crippen LogP contribution in [0.4, 0.5) is 0 Å². The molecule has 318 valence electrons. The molecular weight excluding hydrogens is 651 g/mol. The fourth-order valence-corrected chi connectivity index (χ4v) is 9.80. The van der Waals surface area contributed by atoms with Crippen LogP contribution >= 0.6 is 0 Å². The summed E-state index contributed by atoms with van der Waals surface area (Å²) in [5, 5.41) is 0. The van der Waals surface area contributed by atoms with Crippen molar-refractivity contribution in [2.45, 2.75) is 279 Å². The summed E-state index contributed by atoms with van der Waals surface area (Å²) < 4.78 is 1.33. The highest BCUT2D eigenvalue weighted by atomic mass is 15.4. The standard InChI is InChI=1S/C53H102N/c1-7-10-13-16-19-22-25-27-28-30-33-36-39-45-50-54(48-43-37-34-31-24-21-18-15-12-9-3,52(53(4,5)6)51-46-41-40-42-47-51)49-44-38-35-32-29-26-23-20-17-14-11-8-2/h40-42,46-47,52H,7-39,43-45,48-50H2,1-6H3/q+1. The van der Waals surface area contributed by atoms with Gasteiger partial charge in [-0.15, -0.1) is 0 Å². The van der Waals surface area contributed by atoms with Crippen LogP contribution < -0.4 is 0 Å². The van der Waals surface area contributed by atoms with E-state index in [9.17, 15) is 0 Å². The van der Waals surface area contributed by atoms with Crippen molar-refractivity contribution in [3.8, 4) is 0 Å². The van der Waals surface area contributed by atoms with Gasteiger partial charge in [-0.2, -0.15) is 0 Å². The Bertz CT molecular complexity index is 869. The van der Waals surface area contributed by atoms with Gasteiger partial charge in [-0.05, 0) is 38.5 Å². The highest BCUT2D eigenvalue weighted by Gasteiger charge is 2.44. The molecule has 0 radical (unpaired) electrons. The van der Waals surface area contributed by atoms with E-state index in [0.717, 1.165) is 0 Å². The van der Waals surface area contributed by atoms with E-state index >= 15 is 0 Å². The summed E-state index contributed by atoms with van der Waals surface area (Å²) in [4.78, 5) is 0. The Balaban J connectivity index is 2.81. The largest absolute Gasteiger partial charge is 0.317 e. The van der Waals surface area contributed by atoms with Crippen molar-refractivity contribution in [1.29, 1.82) is 0 Å². The van der Waals surface area contributed by atoms with Gasteiger partial charge in [-0.3, -0.25) is 0 Å². The average molecular weight is 753 g/mol. The maximum Gasteiger partial charge on any atom is 0.120 e. The maximum absolute atomic E-state index is 2.56. The van der Waals surface area contributed by atoms with Gasteiger partial charge in [0.05, 0.1) is 19.6 Å². The molecule has 0 aliphatic rings. The minimum atomic E-state index is 0.243. The molecule has 0 saturated heterocycles. The first-order chi connectivity index (χ1) is 26.4. The van der Waals surface area contributed by atoms with E-state index in [1.807, 2.05) is 0 Å². The fraction of sp³-hybridized carbons (Fsp3) is 0.887. The first-order valence-corrected chi connectivity index (χ1v) is 25.3. The SMILES string of the molecule is CCCCCCCCCCCCCCCC[N+](CCCCCCCCCCCC)(CCCCCCCCCCCCCC)C(c1ccccc1)C(C)(C)C. The van der Waals surface area contributed by atoms with Gasteiger partial charge in [0.15, 0.2) is 0 Å². The lowest BCUT2D eigenvalue weighted by molar-refractivity contribution is -0.964. The van der Waals surface area contributed by atoms with Crippen LogP contribution in [0.5, 0.6) is 0 Å². The molecule has 1 heteroatoms. The summed E-state index contributed by atoms with van der Waals surface area (Å²) in [6.45, 7) is 18.8. The Morgan fingerprint density at radius 3 is 0.778 bits per heavy atom. The molecule has 0 fully saturated rings.